The molecule has 1 aromatic rings. The number of nitriles is 1. The molecule has 7 heteroatoms. The van der Waals surface area contributed by atoms with E-state index in [1.807, 2.05) is 6.07 Å². The normalized spacial score (nSPS) is 10.4. The van der Waals surface area contributed by atoms with Crippen LogP contribution >= 0.6 is 12.4 Å². The van der Waals surface area contributed by atoms with Gasteiger partial charge in [0, 0.05) is 13.1 Å². The number of likely N-dealkylation sites (N-methyl/N-ethyl adjacent to an activating group) is 1. The molecule has 17 heavy (non-hydrogen) atoms. The van der Waals surface area contributed by atoms with Gasteiger partial charge in [-0.1, -0.05) is 6.07 Å². The first-order chi connectivity index (χ1) is 7.60. The van der Waals surface area contributed by atoms with Crippen molar-refractivity contribution in [3.05, 3.63) is 29.8 Å². The van der Waals surface area contributed by atoms with Gasteiger partial charge < -0.3 is 5.32 Å². The van der Waals surface area contributed by atoms with Crippen molar-refractivity contribution in [3.63, 3.8) is 0 Å². The van der Waals surface area contributed by atoms with E-state index in [9.17, 15) is 8.42 Å². The molecule has 1 aromatic carbocycles. The summed E-state index contributed by atoms with van der Waals surface area (Å²) in [5, 5.41) is 11.5. The summed E-state index contributed by atoms with van der Waals surface area (Å²) in [4.78, 5) is 0.114. The van der Waals surface area contributed by atoms with Crippen molar-refractivity contribution < 1.29 is 8.42 Å². The first kappa shape index (κ1) is 15.9. The lowest BCUT2D eigenvalue weighted by atomic mass is 10.2. The third kappa shape index (κ3) is 4.71. The molecule has 0 aliphatic heterocycles. The van der Waals surface area contributed by atoms with Gasteiger partial charge in [-0.05, 0) is 25.2 Å². The molecule has 0 unspecified atom stereocenters. The zero-order valence-electron chi connectivity index (χ0n) is 9.30. The summed E-state index contributed by atoms with van der Waals surface area (Å²) in [6.45, 7) is 0.868. The van der Waals surface area contributed by atoms with E-state index >= 15 is 0 Å². The molecule has 2 N–H and O–H groups in total. The standard InChI is InChI=1S/C10H13N3O2S.ClH/c1-12-5-6-13-16(14,15)10-4-2-3-9(7-10)8-11;/h2-4,7,12-13H,5-6H2,1H3;1H. The maximum Gasteiger partial charge on any atom is 0.240 e. The summed E-state index contributed by atoms with van der Waals surface area (Å²) in [7, 11) is -1.77. The number of nitrogens with zero attached hydrogens (tertiary/aromatic N) is 1. The highest BCUT2D eigenvalue weighted by Crippen LogP contribution is 2.10. The van der Waals surface area contributed by atoms with Crippen LogP contribution in [0.3, 0.4) is 0 Å². The Labute approximate surface area is 107 Å². The van der Waals surface area contributed by atoms with E-state index < -0.39 is 10.0 Å². The van der Waals surface area contributed by atoms with Gasteiger partial charge in [-0.25, -0.2) is 13.1 Å². The van der Waals surface area contributed by atoms with Gasteiger partial charge in [0.15, 0.2) is 0 Å². The molecule has 0 spiro atoms. The first-order valence-corrected chi connectivity index (χ1v) is 6.23. The summed E-state index contributed by atoms with van der Waals surface area (Å²) in [5.41, 5.74) is 0.330. The van der Waals surface area contributed by atoms with Crippen molar-refractivity contribution in [3.8, 4) is 6.07 Å². The van der Waals surface area contributed by atoms with E-state index in [4.69, 9.17) is 5.26 Å². The van der Waals surface area contributed by atoms with Crippen molar-refractivity contribution in [1.82, 2.24) is 10.0 Å². The Hall–Kier alpha value is -1.13. The largest absolute Gasteiger partial charge is 0.318 e. The van der Waals surface area contributed by atoms with Gasteiger partial charge in [0.05, 0.1) is 16.5 Å². The molecule has 0 amide bonds. The minimum Gasteiger partial charge on any atom is -0.318 e. The first-order valence-electron chi connectivity index (χ1n) is 4.74. The van der Waals surface area contributed by atoms with E-state index in [2.05, 4.69) is 10.0 Å². The van der Waals surface area contributed by atoms with Crippen LogP contribution in [-0.2, 0) is 10.0 Å². The minimum atomic E-state index is -3.51. The third-order valence-electron chi connectivity index (χ3n) is 1.94. The van der Waals surface area contributed by atoms with Crippen molar-refractivity contribution >= 4 is 22.4 Å². The number of hydrogen-bond donors (Lipinski definition) is 2. The fourth-order valence-corrected chi connectivity index (χ4v) is 2.20. The van der Waals surface area contributed by atoms with E-state index in [1.54, 1.807) is 19.2 Å². The van der Waals surface area contributed by atoms with Crippen molar-refractivity contribution in [2.45, 2.75) is 4.90 Å². The Morgan fingerprint density at radius 1 is 1.35 bits per heavy atom. The monoisotopic (exact) mass is 275 g/mol. The minimum absolute atomic E-state index is 0. The van der Waals surface area contributed by atoms with Crippen LogP contribution in [0.2, 0.25) is 0 Å². The molecule has 0 saturated heterocycles. The van der Waals surface area contributed by atoms with Crippen LogP contribution in [0, 0.1) is 11.3 Å². The molecule has 0 saturated carbocycles. The van der Waals surface area contributed by atoms with Crippen LogP contribution in [0.25, 0.3) is 0 Å². The number of nitrogens with one attached hydrogen (secondary N) is 2. The molecular weight excluding hydrogens is 262 g/mol. The highest BCUT2D eigenvalue weighted by Gasteiger charge is 2.13. The van der Waals surface area contributed by atoms with Crippen LogP contribution in [-0.4, -0.2) is 28.6 Å². The van der Waals surface area contributed by atoms with Crippen LogP contribution in [0.5, 0.6) is 0 Å². The summed E-state index contributed by atoms with van der Waals surface area (Å²) in [5.74, 6) is 0. The van der Waals surface area contributed by atoms with Crippen LogP contribution in [0.4, 0.5) is 0 Å². The van der Waals surface area contributed by atoms with Gasteiger partial charge in [-0.3, -0.25) is 0 Å². The van der Waals surface area contributed by atoms with Gasteiger partial charge in [0.2, 0.25) is 10.0 Å². The average molecular weight is 276 g/mol. The van der Waals surface area contributed by atoms with E-state index in [1.165, 1.54) is 12.1 Å². The summed E-state index contributed by atoms with van der Waals surface area (Å²) in [6, 6.07) is 7.82. The molecule has 0 aliphatic rings. The molecule has 1 rings (SSSR count). The molecule has 0 fully saturated rings. The highest BCUT2D eigenvalue weighted by molar-refractivity contribution is 7.89. The number of rotatable bonds is 5. The lowest BCUT2D eigenvalue weighted by Crippen LogP contribution is -2.30. The zero-order chi connectivity index (χ0) is 12.0. The number of sulfonamides is 1. The number of halogens is 1. The van der Waals surface area contributed by atoms with E-state index in [0.29, 0.717) is 18.7 Å². The predicted molar refractivity (Wildman–Crippen MR) is 67.5 cm³/mol. The van der Waals surface area contributed by atoms with Crippen molar-refractivity contribution in [1.29, 1.82) is 5.26 Å². The second kappa shape index (κ2) is 7.25. The Morgan fingerprint density at radius 3 is 2.65 bits per heavy atom. The molecular formula is C10H14ClN3O2S. The lowest BCUT2D eigenvalue weighted by Gasteiger charge is -2.06. The van der Waals surface area contributed by atoms with Crippen LogP contribution in [0.15, 0.2) is 29.2 Å². The molecule has 0 aliphatic carbocycles. The molecule has 5 nitrogen and oxygen atoms in total. The van der Waals surface area contributed by atoms with Crippen molar-refractivity contribution in [2.24, 2.45) is 0 Å². The quantitative estimate of drug-likeness (QED) is 0.766. The molecule has 0 aromatic heterocycles. The van der Waals surface area contributed by atoms with Gasteiger partial charge in [-0.15, -0.1) is 12.4 Å². The van der Waals surface area contributed by atoms with Crippen LogP contribution in [0.1, 0.15) is 5.56 Å². The van der Waals surface area contributed by atoms with Crippen molar-refractivity contribution in [2.75, 3.05) is 20.1 Å². The fourth-order valence-electron chi connectivity index (χ4n) is 1.13. The lowest BCUT2D eigenvalue weighted by molar-refractivity contribution is 0.579. The molecule has 0 radical (unpaired) electrons. The topological polar surface area (TPSA) is 82.0 Å². The third-order valence-corrected chi connectivity index (χ3v) is 3.40. The van der Waals surface area contributed by atoms with Gasteiger partial charge >= 0.3 is 0 Å². The Balaban J connectivity index is 0.00000256. The zero-order valence-corrected chi connectivity index (χ0v) is 10.9. The Kier molecular flexibility index (Phi) is 6.76. The Bertz CT molecular complexity index is 497. The second-order valence-electron chi connectivity index (χ2n) is 3.14. The SMILES string of the molecule is CNCCNS(=O)(=O)c1cccc(C#N)c1.Cl. The number of hydrogen-bond acceptors (Lipinski definition) is 4. The van der Waals surface area contributed by atoms with Gasteiger partial charge in [0.25, 0.3) is 0 Å². The maximum atomic E-state index is 11.7. The predicted octanol–water partition coefficient (Wildman–Crippen LogP) is 0.478. The number of benzene rings is 1. The average Bonchev–Trinajstić information content (AvgIpc) is 2.29. The fraction of sp³-hybridized carbons (Fsp3) is 0.300. The van der Waals surface area contributed by atoms with E-state index in [-0.39, 0.29) is 17.3 Å². The molecule has 0 bridgehead atoms. The molecule has 0 heterocycles. The maximum absolute atomic E-state index is 11.7. The molecule has 0 atom stereocenters. The van der Waals surface area contributed by atoms with Crippen LogP contribution < -0.4 is 10.0 Å². The summed E-state index contributed by atoms with van der Waals surface area (Å²) in [6.07, 6.45) is 0. The summed E-state index contributed by atoms with van der Waals surface area (Å²) < 4.78 is 25.9. The second-order valence-corrected chi connectivity index (χ2v) is 4.91. The highest BCUT2D eigenvalue weighted by atomic mass is 35.5. The Morgan fingerprint density at radius 2 is 2.06 bits per heavy atom. The van der Waals surface area contributed by atoms with E-state index in [0.717, 1.165) is 0 Å². The van der Waals surface area contributed by atoms with Gasteiger partial charge in [-0.2, -0.15) is 5.26 Å². The summed E-state index contributed by atoms with van der Waals surface area (Å²) >= 11 is 0. The molecule has 94 valence electrons. The smallest absolute Gasteiger partial charge is 0.240 e. The van der Waals surface area contributed by atoms with Gasteiger partial charge in [0.1, 0.15) is 0 Å².